The standard InChI is InChI=1S/C18H19N3O/c19-12-18(11-17(18)6-7-17)14-4-5-15-13(9-14)10-20-21(15)16-3-1-2-8-22-16/h4-5,9-10,16H,1-3,6-8,11H2. The molecule has 2 aromatic rings. The molecule has 1 spiro atoms. The van der Waals surface area contributed by atoms with Crippen LogP contribution in [0.2, 0.25) is 0 Å². The summed E-state index contributed by atoms with van der Waals surface area (Å²) in [4.78, 5) is 0. The minimum atomic E-state index is -0.218. The molecule has 0 amide bonds. The molecule has 0 radical (unpaired) electrons. The van der Waals surface area contributed by atoms with E-state index in [9.17, 15) is 5.26 Å². The molecule has 2 unspecified atom stereocenters. The number of nitrogens with zero attached hydrogens (tertiary/aromatic N) is 3. The number of hydrogen-bond acceptors (Lipinski definition) is 3. The van der Waals surface area contributed by atoms with Crippen molar-refractivity contribution in [2.75, 3.05) is 6.61 Å². The van der Waals surface area contributed by atoms with E-state index in [0.717, 1.165) is 36.8 Å². The molecule has 2 aliphatic carbocycles. The van der Waals surface area contributed by atoms with E-state index in [-0.39, 0.29) is 11.6 Å². The summed E-state index contributed by atoms with van der Waals surface area (Å²) in [7, 11) is 0. The SMILES string of the molecule is N#CC1(c2ccc3c(cnn3C3CCCCO3)c2)CC12CC2. The predicted octanol–water partition coefficient (Wildman–Crippen LogP) is 3.68. The second-order valence-electron chi connectivity index (χ2n) is 7.16. The van der Waals surface area contributed by atoms with Gasteiger partial charge in [-0.15, -0.1) is 0 Å². The van der Waals surface area contributed by atoms with Crippen LogP contribution in [0.1, 0.15) is 50.3 Å². The molecule has 4 heteroatoms. The van der Waals surface area contributed by atoms with Gasteiger partial charge in [0.05, 0.1) is 23.2 Å². The van der Waals surface area contributed by atoms with Crippen molar-refractivity contribution in [1.82, 2.24) is 9.78 Å². The predicted molar refractivity (Wildman–Crippen MR) is 82.1 cm³/mol. The number of fused-ring (bicyclic) bond motifs is 1. The van der Waals surface area contributed by atoms with E-state index in [1.807, 2.05) is 10.9 Å². The molecule has 5 rings (SSSR count). The lowest BCUT2D eigenvalue weighted by atomic mass is 9.93. The van der Waals surface area contributed by atoms with Crippen molar-refractivity contribution < 1.29 is 4.74 Å². The van der Waals surface area contributed by atoms with Crippen LogP contribution in [0.4, 0.5) is 0 Å². The van der Waals surface area contributed by atoms with Crippen LogP contribution in [0, 0.1) is 16.7 Å². The quantitative estimate of drug-likeness (QED) is 0.848. The molecule has 22 heavy (non-hydrogen) atoms. The average molecular weight is 293 g/mol. The lowest BCUT2D eigenvalue weighted by molar-refractivity contribution is -0.0366. The van der Waals surface area contributed by atoms with Crippen LogP contribution in [-0.2, 0) is 10.2 Å². The molecule has 2 saturated carbocycles. The Balaban J connectivity index is 1.55. The maximum atomic E-state index is 9.68. The summed E-state index contributed by atoms with van der Waals surface area (Å²) in [5, 5.41) is 15.4. The second kappa shape index (κ2) is 4.11. The van der Waals surface area contributed by atoms with E-state index >= 15 is 0 Å². The molecule has 2 heterocycles. The molecule has 3 aliphatic rings. The van der Waals surface area contributed by atoms with Crippen molar-refractivity contribution in [2.24, 2.45) is 5.41 Å². The first-order chi connectivity index (χ1) is 10.8. The van der Waals surface area contributed by atoms with Gasteiger partial charge in [-0.1, -0.05) is 6.07 Å². The van der Waals surface area contributed by atoms with Gasteiger partial charge < -0.3 is 4.74 Å². The Labute approximate surface area is 129 Å². The molecule has 1 aliphatic heterocycles. The molecular weight excluding hydrogens is 274 g/mol. The van der Waals surface area contributed by atoms with Crippen LogP contribution in [0.3, 0.4) is 0 Å². The molecule has 112 valence electrons. The van der Waals surface area contributed by atoms with Gasteiger partial charge >= 0.3 is 0 Å². The number of hydrogen-bond donors (Lipinski definition) is 0. The minimum absolute atomic E-state index is 0.0673. The Morgan fingerprint density at radius 1 is 1.32 bits per heavy atom. The van der Waals surface area contributed by atoms with Crippen LogP contribution >= 0.6 is 0 Å². The average Bonchev–Trinajstić information content (AvgIpc) is 3.45. The summed E-state index contributed by atoms with van der Waals surface area (Å²) in [5.74, 6) is 0. The summed E-state index contributed by atoms with van der Waals surface area (Å²) in [6, 6.07) is 9.05. The topological polar surface area (TPSA) is 50.8 Å². The van der Waals surface area contributed by atoms with Crippen LogP contribution in [-0.4, -0.2) is 16.4 Å². The fourth-order valence-corrected chi connectivity index (χ4v) is 4.31. The van der Waals surface area contributed by atoms with E-state index < -0.39 is 0 Å². The summed E-state index contributed by atoms with van der Waals surface area (Å²) in [6.45, 7) is 0.824. The third-order valence-corrected chi connectivity index (χ3v) is 5.95. The Morgan fingerprint density at radius 2 is 2.23 bits per heavy atom. The van der Waals surface area contributed by atoms with Gasteiger partial charge in [-0.3, -0.25) is 0 Å². The Hall–Kier alpha value is -1.86. The monoisotopic (exact) mass is 293 g/mol. The first-order valence-electron chi connectivity index (χ1n) is 8.29. The van der Waals surface area contributed by atoms with Crippen LogP contribution in [0.15, 0.2) is 24.4 Å². The first-order valence-corrected chi connectivity index (χ1v) is 8.29. The molecule has 0 bridgehead atoms. The number of aromatic nitrogens is 2. The highest BCUT2D eigenvalue weighted by atomic mass is 16.5. The third kappa shape index (κ3) is 1.52. The van der Waals surface area contributed by atoms with Gasteiger partial charge in [0.25, 0.3) is 0 Å². The summed E-state index contributed by atoms with van der Waals surface area (Å²) >= 11 is 0. The number of nitriles is 1. The highest BCUT2D eigenvalue weighted by Gasteiger charge is 2.75. The normalized spacial score (nSPS) is 32.0. The maximum Gasteiger partial charge on any atom is 0.150 e. The zero-order chi connectivity index (χ0) is 14.8. The fraction of sp³-hybridized carbons (Fsp3) is 0.556. The maximum absolute atomic E-state index is 9.68. The molecule has 3 fully saturated rings. The van der Waals surface area contributed by atoms with Crippen molar-refractivity contribution >= 4 is 10.9 Å². The number of ether oxygens (including phenoxy) is 1. The van der Waals surface area contributed by atoms with Gasteiger partial charge in [0.1, 0.15) is 0 Å². The van der Waals surface area contributed by atoms with Crippen LogP contribution < -0.4 is 0 Å². The van der Waals surface area contributed by atoms with Crippen molar-refractivity contribution in [3.8, 4) is 6.07 Å². The van der Waals surface area contributed by atoms with E-state index in [4.69, 9.17) is 4.74 Å². The van der Waals surface area contributed by atoms with E-state index in [1.54, 1.807) is 0 Å². The molecule has 0 N–H and O–H groups in total. The molecule has 1 saturated heterocycles. The van der Waals surface area contributed by atoms with E-state index in [0.29, 0.717) is 5.41 Å². The molecule has 1 aromatic carbocycles. The lowest BCUT2D eigenvalue weighted by Gasteiger charge is -2.23. The zero-order valence-electron chi connectivity index (χ0n) is 12.6. The van der Waals surface area contributed by atoms with Gasteiger partial charge in [-0.25, -0.2) is 4.68 Å². The second-order valence-corrected chi connectivity index (χ2v) is 7.16. The Kier molecular flexibility index (Phi) is 2.37. The van der Waals surface area contributed by atoms with Crippen molar-refractivity contribution in [3.63, 3.8) is 0 Å². The largest absolute Gasteiger partial charge is 0.356 e. The summed E-state index contributed by atoms with van der Waals surface area (Å²) < 4.78 is 7.86. The van der Waals surface area contributed by atoms with Crippen LogP contribution in [0.5, 0.6) is 0 Å². The van der Waals surface area contributed by atoms with Gasteiger partial charge in [0.2, 0.25) is 0 Å². The molecule has 4 nitrogen and oxygen atoms in total. The zero-order valence-corrected chi connectivity index (χ0v) is 12.6. The number of benzene rings is 1. The van der Waals surface area contributed by atoms with Crippen molar-refractivity contribution in [1.29, 1.82) is 5.26 Å². The fourth-order valence-electron chi connectivity index (χ4n) is 4.31. The van der Waals surface area contributed by atoms with Crippen LogP contribution in [0.25, 0.3) is 10.9 Å². The third-order valence-electron chi connectivity index (χ3n) is 5.95. The Bertz CT molecular complexity index is 792. The van der Waals surface area contributed by atoms with Gasteiger partial charge in [-0.05, 0) is 61.6 Å². The van der Waals surface area contributed by atoms with Gasteiger partial charge in [0, 0.05) is 12.0 Å². The molecule has 1 aromatic heterocycles. The van der Waals surface area contributed by atoms with Crippen molar-refractivity contribution in [2.45, 2.75) is 50.2 Å². The Morgan fingerprint density at radius 3 is 2.91 bits per heavy atom. The number of rotatable bonds is 2. The molecular formula is C18H19N3O. The van der Waals surface area contributed by atoms with Gasteiger partial charge in [-0.2, -0.15) is 10.4 Å². The minimum Gasteiger partial charge on any atom is -0.356 e. The van der Waals surface area contributed by atoms with E-state index in [1.165, 1.54) is 24.8 Å². The highest BCUT2D eigenvalue weighted by Crippen LogP contribution is 2.78. The molecule has 2 atom stereocenters. The lowest BCUT2D eigenvalue weighted by Crippen LogP contribution is -2.19. The summed E-state index contributed by atoms with van der Waals surface area (Å²) in [5.41, 5.74) is 2.40. The summed E-state index contributed by atoms with van der Waals surface area (Å²) in [6.07, 6.45) is 8.84. The highest BCUT2D eigenvalue weighted by molar-refractivity contribution is 5.80. The smallest absolute Gasteiger partial charge is 0.150 e. The van der Waals surface area contributed by atoms with E-state index in [2.05, 4.69) is 29.4 Å². The van der Waals surface area contributed by atoms with Gasteiger partial charge in [0.15, 0.2) is 6.23 Å². The first kappa shape index (κ1) is 12.7. The van der Waals surface area contributed by atoms with Crippen molar-refractivity contribution in [3.05, 3.63) is 30.0 Å².